The first-order valence-electron chi connectivity index (χ1n) is 10.8. The number of amides is 2. The zero-order chi connectivity index (χ0) is 19.1. The van der Waals surface area contributed by atoms with Gasteiger partial charge in [-0.2, -0.15) is 0 Å². The summed E-state index contributed by atoms with van der Waals surface area (Å²) < 4.78 is 0. The van der Waals surface area contributed by atoms with E-state index in [1.807, 2.05) is 23.1 Å². The monoisotopic (exact) mass is 383 g/mol. The number of piperidine rings is 1. The van der Waals surface area contributed by atoms with Crippen molar-refractivity contribution in [1.29, 1.82) is 0 Å². The van der Waals surface area contributed by atoms with Gasteiger partial charge in [0, 0.05) is 19.6 Å². The maximum atomic E-state index is 12.8. The highest BCUT2D eigenvalue weighted by Crippen LogP contribution is 2.49. The number of benzene rings is 1. The molecule has 5 rings (SSSR count). The summed E-state index contributed by atoms with van der Waals surface area (Å²) in [4.78, 5) is 33.2. The van der Waals surface area contributed by atoms with Crippen molar-refractivity contribution in [2.24, 2.45) is 5.41 Å². The molecule has 1 spiro atoms. The fourth-order valence-corrected chi connectivity index (χ4v) is 5.07. The highest BCUT2D eigenvalue weighted by molar-refractivity contribution is 5.84. The highest BCUT2D eigenvalue weighted by Gasteiger charge is 2.42. The number of carbonyl (C=O) groups is 2. The van der Waals surface area contributed by atoms with Crippen LogP contribution in [0.1, 0.15) is 68.0 Å². The summed E-state index contributed by atoms with van der Waals surface area (Å²) in [6.07, 6.45) is 8.13. The summed E-state index contributed by atoms with van der Waals surface area (Å²) in [7, 11) is 0. The first-order chi connectivity index (χ1) is 13.7. The van der Waals surface area contributed by atoms with Crippen LogP contribution < -0.4 is 5.32 Å². The van der Waals surface area contributed by atoms with Gasteiger partial charge in [-0.05, 0) is 61.0 Å². The Labute approximate surface area is 166 Å². The van der Waals surface area contributed by atoms with Gasteiger partial charge in [0.25, 0.3) is 0 Å². The molecule has 2 aliphatic carbocycles. The van der Waals surface area contributed by atoms with E-state index in [4.69, 9.17) is 4.84 Å². The van der Waals surface area contributed by atoms with Crippen molar-refractivity contribution in [2.45, 2.75) is 56.9 Å². The van der Waals surface area contributed by atoms with Gasteiger partial charge in [-0.15, -0.1) is 5.06 Å². The van der Waals surface area contributed by atoms with Crippen LogP contribution >= 0.6 is 0 Å². The van der Waals surface area contributed by atoms with E-state index in [0.29, 0.717) is 24.4 Å². The van der Waals surface area contributed by atoms with Gasteiger partial charge in [0.15, 0.2) is 0 Å². The molecule has 1 aromatic rings. The van der Waals surface area contributed by atoms with E-state index in [0.717, 1.165) is 31.5 Å². The lowest BCUT2D eigenvalue weighted by Crippen LogP contribution is -2.53. The highest BCUT2D eigenvalue weighted by atomic mass is 16.7. The van der Waals surface area contributed by atoms with Gasteiger partial charge in [-0.3, -0.25) is 4.79 Å². The third-order valence-electron chi connectivity index (χ3n) is 7.17. The average molecular weight is 383 g/mol. The molecule has 2 amide bonds. The molecule has 1 aromatic carbocycles. The number of piperazine rings is 1. The van der Waals surface area contributed by atoms with Crippen molar-refractivity contribution in [1.82, 2.24) is 15.3 Å². The molecule has 0 bridgehead atoms. The van der Waals surface area contributed by atoms with Crippen LogP contribution in [0.2, 0.25) is 0 Å². The Morgan fingerprint density at radius 1 is 1.04 bits per heavy atom. The topological polar surface area (TPSA) is 61.9 Å². The Kier molecular flexibility index (Phi) is 4.54. The second-order valence-corrected chi connectivity index (χ2v) is 8.94. The normalized spacial score (nSPS) is 27.2. The largest absolute Gasteiger partial charge is 0.428 e. The van der Waals surface area contributed by atoms with Gasteiger partial charge >= 0.3 is 6.09 Å². The molecule has 2 saturated heterocycles. The number of hydroxylamine groups is 2. The lowest BCUT2D eigenvalue weighted by Gasteiger charge is -2.47. The van der Waals surface area contributed by atoms with Crippen molar-refractivity contribution in [3.63, 3.8) is 0 Å². The maximum absolute atomic E-state index is 12.8. The van der Waals surface area contributed by atoms with Crippen LogP contribution in [0, 0.1) is 5.41 Å². The van der Waals surface area contributed by atoms with Crippen LogP contribution in [-0.4, -0.2) is 48.1 Å². The first kappa shape index (κ1) is 18.0. The smallest absolute Gasteiger partial charge is 0.353 e. The number of rotatable bonds is 3. The Balaban J connectivity index is 1.30. The fourth-order valence-electron chi connectivity index (χ4n) is 5.07. The van der Waals surface area contributed by atoms with E-state index in [1.165, 1.54) is 37.7 Å². The van der Waals surface area contributed by atoms with Crippen LogP contribution in [0.15, 0.2) is 24.3 Å². The Morgan fingerprint density at radius 3 is 2.39 bits per heavy atom. The Morgan fingerprint density at radius 2 is 1.75 bits per heavy atom. The number of nitrogens with one attached hydrogen (secondary N) is 1. The third kappa shape index (κ3) is 3.28. The van der Waals surface area contributed by atoms with Crippen molar-refractivity contribution in [2.75, 3.05) is 26.2 Å². The molecule has 2 saturated carbocycles. The quantitative estimate of drug-likeness (QED) is 0.869. The number of carbonyl (C=O) groups excluding carboxylic acids is 2. The lowest BCUT2D eigenvalue weighted by atomic mass is 9.63. The van der Waals surface area contributed by atoms with Crippen molar-refractivity contribution >= 4 is 12.0 Å². The van der Waals surface area contributed by atoms with E-state index < -0.39 is 6.04 Å². The minimum atomic E-state index is -0.558. The van der Waals surface area contributed by atoms with Crippen molar-refractivity contribution in [3.05, 3.63) is 35.4 Å². The van der Waals surface area contributed by atoms with Crippen LogP contribution in [0.25, 0.3) is 0 Å². The van der Waals surface area contributed by atoms with E-state index in [-0.39, 0.29) is 12.0 Å². The van der Waals surface area contributed by atoms with E-state index in [9.17, 15) is 9.59 Å². The molecule has 2 heterocycles. The van der Waals surface area contributed by atoms with Crippen LogP contribution in [0.3, 0.4) is 0 Å². The van der Waals surface area contributed by atoms with E-state index >= 15 is 0 Å². The standard InChI is InChI=1S/C22H29N3O3/c26-20-19(18-5-2-1-4-17(18)16-6-7-16)25(15-12-23-20)28-21(27)24-13-10-22(11-14-24)8-3-9-22/h1-2,4-5,16,19H,3,6-15H2,(H,23,26). The van der Waals surface area contributed by atoms with Gasteiger partial charge in [0.1, 0.15) is 6.04 Å². The SMILES string of the molecule is O=C1NCCN(OC(=O)N2CCC3(CCC3)CC2)C1c1ccccc1C1CC1. The first-order valence-corrected chi connectivity index (χ1v) is 10.8. The predicted molar refractivity (Wildman–Crippen MR) is 104 cm³/mol. The molecule has 1 unspecified atom stereocenters. The van der Waals surface area contributed by atoms with Gasteiger partial charge in [0.2, 0.25) is 5.91 Å². The minimum Gasteiger partial charge on any atom is -0.353 e. The fraction of sp³-hybridized carbons (Fsp3) is 0.636. The molecule has 0 aromatic heterocycles. The van der Waals surface area contributed by atoms with Gasteiger partial charge < -0.3 is 15.1 Å². The minimum absolute atomic E-state index is 0.0841. The van der Waals surface area contributed by atoms with Crippen molar-refractivity contribution in [3.8, 4) is 0 Å². The molecule has 6 heteroatoms. The molecule has 1 atom stereocenters. The molecule has 1 N–H and O–H groups in total. The van der Waals surface area contributed by atoms with Crippen LogP contribution in [-0.2, 0) is 9.63 Å². The summed E-state index contributed by atoms with van der Waals surface area (Å²) in [6.45, 7) is 2.54. The summed E-state index contributed by atoms with van der Waals surface area (Å²) in [5.74, 6) is 0.448. The summed E-state index contributed by atoms with van der Waals surface area (Å²) >= 11 is 0. The molecule has 4 aliphatic rings. The molecule has 28 heavy (non-hydrogen) atoms. The molecule has 4 fully saturated rings. The molecular formula is C22H29N3O3. The molecule has 6 nitrogen and oxygen atoms in total. The third-order valence-corrected chi connectivity index (χ3v) is 7.17. The van der Waals surface area contributed by atoms with Gasteiger partial charge in [0.05, 0.1) is 6.54 Å². The number of hydrogen-bond acceptors (Lipinski definition) is 4. The molecule has 2 aliphatic heterocycles. The second kappa shape index (κ2) is 7.07. The second-order valence-electron chi connectivity index (χ2n) is 8.94. The van der Waals surface area contributed by atoms with Crippen LogP contribution in [0.4, 0.5) is 4.79 Å². The number of nitrogens with zero attached hydrogens (tertiary/aromatic N) is 2. The zero-order valence-electron chi connectivity index (χ0n) is 16.4. The van der Waals surface area contributed by atoms with Gasteiger partial charge in [-0.25, -0.2) is 4.79 Å². The van der Waals surface area contributed by atoms with Crippen molar-refractivity contribution < 1.29 is 14.4 Å². The van der Waals surface area contributed by atoms with E-state index in [1.54, 1.807) is 5.06 Å². The number of likely N-dealkylation sites (tertiary alicyclic amines) is 1. The molecule has 150 valence electrons. The predicted octanol–water partition coefficient (Wildman–Crippen LogP) is 3.35. The van der Waals surface area contributed by atoms with Gasteiger partial charge in [-0.1, -0.05) is 30.7 Å². The average Bonchev–Trinajstić information content (AvgIpc) is 3.52. The number of hydrogen-bond donors (Lipinski definition) is 1. The lowest BCUT2D eigenvalue weighted by molar-refractivity contribution is -0.171. The maximum Gasteiger partial charge on any atom is 0.428 e. The zero-order valence-corrected chi connectivity index (χ0v) is 16.4. The molecular weight excluding hydrogens is 354 g/mol. The molecule has 0 radical (unpaired) electrons. The summed E-state index contributed by atoms with van der Waals surface area (Å²) in [6, 6.07) is 7.55. The Hall–Kier alpha value is -2.08. The summed E-state index contributed by atoms with van der Waals surface area (Å²) in [5, 5.41) is 4.55. The summed E-state index contributed by atoms with van der Waals surface area (Å²) in [5.41, 5.74) is 2.69. The Bertz CT molecular complexity index is 762. The van der Waals surface area contributed by atoms with Crippen LogP contribution in [0.5, 0.6) is 0 Å². The van der Waals surface area contributed by atoms with E-state index in [2.05, 4.69) is 11.4 Å².